The highest BCUT2D eigenvalue weighted by Crippen LogP contribution is 2.12. The van der Waals surface area contributed by atoms with Crippen molar-refractivity contribution in [3.63, 3.8) is 0 Å². The van der Waals surface area contributed by atoms with Gasteiger partial charge < -0.3 is 9.47 Å². The van der Waals surface area contributed by atoms with Crippen LogP contribution in [0.15, 0.2) is 24.3 Å². The lowest BCUT2D eigenvalue weighted by atomic mass is 10.1. The molecule has 1 aromatic carbocycles. The van der Waals surface area contributed by atoms with Crippen LogP contribution in [0.25, 0.3) is 0 Å². The van der Waals surface area contributed by atoms with Crippen molar-refractivity contribution in [1.82, 2.24) is 4.72 Å². The normalized spacial score (nSPS) is 12.2. The van der Waals surface area contributed by atoms with Crippen LogP contribution in [-0.4, -0.2) is 62.3 Å². The lowest BCUT2D eigenvalue weighted by molar-refractivity contribution is 0.0784. The van der Waals surface area contributed by atoms with Gasteiger partial charge in [0.25, 0.3) is 0 Å². The standard InChI is InChI=1S/C15H26N2O6S2/c1-22-10-11-23-12-13-25(20,21)16-9-3-4-14-5-7-15(8-6-14)17-24(2,18)19/h5-8,16-17H,3-4,9-13H2,1-2H3. The van der Waals surface area contributed by atoms with E-state index in [9.17, 15) is 16.8 Å². The highest BCUT2D eigenvalue weighted by Gasteiger charge is 2.09. The zero-order valence-corrected chi connectivity index (χ0v) is 16.2. The summed E-state index contributed by atoms with van der Waals surface area (Å²) in [6, 6.07) is 6.98. The van der Waals surface area contributed by atoms with Crippen LogP contribution in [0.2, 0.25) is 0 Å². The molecule has 8 nitrogen and oxygen atoms in total. The number of hydrogen-bond acceptors (Lipinski definition) is 6. The van der Waals surface area contributed by atoms with E-state index in [1.165, 1.54) is 0 Å². The fourth-order valence-electron chi connectivity index (χ4n) is 1.96. The summed E-state index contributed by atoms with van der Waals surface area (Å²) in [5, 5.41) is 0. The number of aryl methyl sites for hydroxylation is 1. The van der Waals surface area contributed by atoms with Crippen LogP contribution in [0.1, 0.15) is 12.0 Å². The number of rotatable bonds is 13. The van der Waals surface area contributed by atoms with Gasteiger partial charge in [0.2, 0.25) is 20.0 Å². The number of methoxy groups -OCH3 is 1. The van der Waals surface area contributed by atoms with Crippen LogP contribution in [0.4, 0.5) is 5.69 Å². The molecule has 0 bridgehead atoms. The van der Waals surface area contributed by atoms with Gasteiger partial charge in [-0.1, -0.05) is 12.1 Å². The molecule has 1 rings (SSSR count). The predicted molar refractivity (Wildman–Crippen MR) is 97.7 cm³/mol. The van der Waals surface area contributed by atoms with Crippen molar-refractivity contribution < 1.29 is 26.3 Å². The third kappa shape index (κ3) is 11.1. The fraction of sp³-hybridized carbons (Fsp3) is 0.600. The third-order valence-electron chi connectivity index (χ3n) is 3.15. The Morgan fingerprint density at radius 3 is 2.28 bits per heavy atom. The van der Waals surface area contributed by atoms with Crippen molar-refractivity contribution in [3.05, 3.63) is 29.8 Å². The molecule has 0 aliphatic heterocycles. The summed E-state index contributed by atoms with van der Waals surface area (Å²) in [5.74, 6) is -0.0808. The first-order valence-electron chi connectivity index (χ1n) is 7.82. The van der Waals surface area contributed by atoms with Crippen LogP contribution in [0.5, 0.6) is 0 Å². The maximum Gasteiger partial charge on any atom is 0.229 e. The summed E-state index contributed by atoms with van der Waals surface area (Å²) in [6.07, 6.45) is 2.42. The summed E-state index contributed by atoms with van der Waals surface area (Å²) in [7, 11) is -5.07. The lowest BCUT2D eigenvalue weighted by Gasteiger charge is -2.08. The number of hydrogen-bond donors (Lipinski definition) is 2. The summed E-state index contributed by atoms with van der Waals surface area (Å²) in [6.45, 7) is 1.28. The van der Waals surface area contributed by atoms with Crippen LogP contribution >= 0.6 is 0 Å². The molecule has 1 aromatic rings. The van der Waals surface area contributed by atoms with E-state index in [1.54, 1.807) is 19.2 Å². The Balaban J connectivity index is 2.26. The monoisotopic (exact) mass is 394 g/mol. The first-order chi connectivity index (χ1) is 11.7. The highest BCUT2D eigenvalue weighted by atomic mass is 32.2. The first kappa shape index (κ1) is 21.8. The van der Waals surface area contributed by atoms with Crippen molar-refractivity contribution in [2.45, 2.75) is 12.8 Å². The smallest absolute Gasteiger partial charge is 0.229 e. The molecule has 0 fully saturated rings. The van der Waals surface area contributed by atoms with Gasteiger partial charge in [-0.25, -0.2) is 21.6 Å². The Labute approximate surface area is 150 Å². The highest BCUT2D eigenvalue weighted by molar-refractivity contribution is 7.92. The molecule has 2 N–H and O–H groups in total. The fourth-order valence-corrected chi connectivity index (χ4v) is 3.46. The maximum atomic E-state index is 11.8. The molecular weight excluding hydrogens is 368 g/mol. The van der Waals surface area contributed by atoms with E-state index in [0.29, 0.717) is 38.3 Å². The molecule has 144 valence electrons. The van der Waals surface area contributed by atoms with Crippen LogP contribution < -0.4 is 9.44 Å². The first-order valence-corrected chi connectivity index (χ1v) is 11.4. The molecule has 25 heavy (non-hydrogen) atoms. The molecule has 0 heterocycles. The minimum atomic E-state index is -3.34. The Bertz CT molecular complexity index is 702. The number of anilines is 1. The van der Waals surface area contributed by atoms with Crippen molar-refractivity contribution in [3.8, 4) is 0 Å². The van der Waals surface area contributed by atoms with E-state index in [0.717, 1.165) is 11.8 Å². The molecule has 0 saturated carbocycles. The molecule has 0 aromatic heterocycles. The molecule has 0 radical (unpaired) electrons. The molecule has 10 heteroatoms. The summed E-state index contributed by atoms with van der Waals surface area (Å²) >= 11 is 0. The number of sulfonamides is 2. The van der Waals surface area contributed by atoms with Gasteiger partial charge in [-0.15, -0.1) is 0 Å². The Morgan fingerprint density at radius 2 is 1.68 bits per heavy atom. The predicted octanol–water partition coefficient (Wildman–Crippen LogP) is 0.573. The average molecular weight is 395 g/mol. The molecule has 0 unspecified atom stereocenters. The molecule has 0 spiro atoms. The van der Waals surface area contributed by atoms with Gasteiger partial charge >= 0.3 is 0 Å². The minimum Gasteiger partial charge on any atom is -0.382 e. The van der Waals surface area contributed by atoms with Crippen molar-refractivity contribution in [1.29, 1.82) is 0 Å². The van der Waals surface area contributed by atoms with E-state index in [4.69, 9.17) is 9.47 Å². The number of nitrogens with one attached hydrogen (secondary N) is 2. The molecule has 0 aliphatic rings. The van der Waals surface area contributed by atoms with Gasteiger partial charge in [0.15, 0.2) is 0 Å². The van der Waals surface area contributed by atoms with Crippen LogP contribution in [0, 0.1) is 0 Å². The molecular formula is C15H26N2O6S2. The van der Waals surface area contributed by atoms with Gasteiger partial charge in [0.05, 0.1) is 31.8 Å². The summed E-state index contributed by atoms with van der Waals surface area (Å²) in [4.78, 5) is 0. The zero-order chi connectivity index (χ0) is 18.8. The second-order valence-electron chi connectivity index (χ2n) is 5.49. The average Bonchev–Trinajstić information content (AvgIpc) is 2.51. The minimum absolute atomic E-state index is 0.0808. The number of ether oxygens (including phenoxy) is 2. The van der Waals surface area contributed by atoms with Crippen molar-refractivity contribution in [2.75, 3.05) is 50.2 Å². The van der Waals surface area contributed by atoms with E-state index >= 15 is 0 Å². The maximum absolute atomic E-state index is 11.8. The van der Waals surface area contributed by atoms with Gasteiger partial charge in [0, 0.05) is 19.3 Å². The molecule has 0 atom stereocenters. The zero-order valence-electron chi connectivity index (χ0n) is 14.5. The Kier molecular flexibility index (Phi) is 9.36. The van der Waals surface area contributed by atoms with E-state index in [2.05, 4.69) is 9.44 Å². The summed E-state index contributed by atoms with van der Waals surface area (Å²) < 4.78 is 60.6. The topological polar surface area (TPSA) is 111 Å². The van der Waals surface area contributed by atoms with E-state index in [-0.39, 0.29) is 12.4 Å². The number of benzene rings is 1. The second-order valence-corrected chi connectivity index (χ2v) is 9.17. The van der Waals surface area contributed by atoms with Gasteiger partial charge in [0.1, 0.15) is 0 Å². The quantitative estimate of drug-likeness (QED) is 0.473. The van der Waals surface area contributed by atoms with E-state index < -0.39 is 20.0 Å². The molecule has 0 aliphatic carbocycles. The van der Waals surface area contributed by atoms with Crippen LogP contribution in [0.3, 0.4) is 0 Å². The van der Waals surface area contributed by atoms with Crippen molar-refractivity contribution in [2.24, 2.45) is 0 Å². The van der Waals surface area contributed by atoms with Gasteiger partial charge in [-0.3, -0.25) is 4.72 Å². The Hall–Kier alpha value is -1.20. The second kappa shape index (κ2) is 10.7. The van der Waals surface area contributed by atoms with Crippen molar-refractivity contribution >= 4 is 25.7 Å². The molecule has 0 amide bonds. The lowest BCUT2D eigenvalue weighted by Crippen LogP contribution is -2.29. The van der Waals surface area contributed by atoms with E-state index in [1.807, 2.05) is 12.1 Å². The SMILES string of the molecule is COCCOCCS(=O)(=O)NCCCc1ccc(NS(C)(=O)=O)cc1. The third-order valence-corrected chi connectivity index (χ3v) is 5.10. The van der Waals surface area contributed by atoms with Gasteiger partial charge in [-0.2, -0.15) is 0 Å². The largest absolute Gasteiger partial charge is 0.382 e. The van der Waals surface area contributed by atoms with Gasteiger partial charge in [-0.05, 0) is 30.5 Å². The summed E-state index contributed by atoms with van der Waals surface area (Å²) in [5.41, 5.74) is 1.50. The Morgan fingerprint density at radius 1 is 1.00 bits per heavy atom. The van der Waals surface area contributed by atoms with Crippen LogP contribution in [-0.2, 0) is 35.9 Å². The molecule has 0 saturated heterocycles.